The van der Waals surface area contributed by atoms with E-state index in [-0.39, 0.29) is 30.3 Å². The summed E-state index contributed by atoms with van der Waals surface area (Å²) in [5, 5.41) is 10.8. The highest BCUT2D eigenvalue weighted by Gasteiger charge is 2.46. The van der Waals surface area contributed by atoms with Gasteiger partial charge in [0, 0.05) is 11.8 Å². The lowest BCUT2D eigenvalue weighted by atomic mass is 9.79. The number of aliphatic hydroxyl groups excluding tert-OH is 1. The molecule has 2 heterocycles. The van der Waals surface area contributed by atoms with Crippen molar-refractivity contribution in [3.8, 4) is 0 Å². The molecule has 0 aromatic heterocycles. The maximum Gasteiger partial charge on any atom is 0.413 e. The minimum absolute atomic E-state index is 0.0782. The predicted octanol–water partition coefficient (Wildman–Crippen LogP) is 3.27. The number of hydrogen-bond donors (Lipinski definition) is 1. The fourth-order valence-corrected chi connectivity index (χ4v) is 4.34. The highest BCUT2D eigenvalue weighted by molar-refractivity contribution is 5.70. The first-order valence-corrected chi connectivity index (χ1v) is 10.9. The number of ether oxygens (including phenoxy) is 4. The van der Waals surface area contributed by atoms with Gasteiger partial charge in [-0.1, -0.05) is 19.9 Å². The largest absolute Gasteiger partial charge is 0.469 e. The van der Waals surface area contributed by atoms with E-state index in [2.05, 4.69) is 0 Å². The predicted molar refractivity (Wildman–Crippen MR) is 115 cm³/mol. The Morgan fingerprint density at radius 2 is 1.84 bits per heavy atom. The van der Waals surface area contributed by atoms with Gasteiger partial charge >= 0.3 is 12.1 Å². The maximum atomic E-state index is 12.9. The molecule has 2 saturated heterocycles. The van der Waals surface area contributed by atoms with Crippen molar-refractivity contribution in [2.45, 2.75) is 97.5 Å². The number of aliphatic hydroxyl groups is 1. The van der Waals surface area contributed by atoms with Gasteiger partial charge in [-0.15, -0.1) is 0 Å². The van der Waals surface area contributed by atoms with E-state index in [0.29, 0.717) is 6.61 Å². The number of amides is 1. The van der Waals surface area contributed by atoms with Crippen LogP contribution in [0.2, 0.25) is 0 Å². The quantitative estimate of drug-likeness (QED) is 0.528. The number of carbonyl (C=O) groups is 2. The molecule has 0 radical (unpaired) electrons. The molecule has 178 valence electrons. The van der Waals surface area contributed by atoms with E-state index in [1.165, 1.54) is 7.11 Å². The Kier molecular flexibility index (Phi) is 7.82. The second-order valence-corrected chi connectivity index (χ2v) is 10.2. The third kappa shape index (κ3) is 5.99. The van der Waals surface area contributed by atoms with Crippen LogP contribution >= 0.6 is 0 Å². The summed E-state index contributed by atoms with van der Waals surface area (Å²) in [5.41, 5.74) is -0.570. The maximum absolute atomic E-state index is 12.9. The molecule has 1 N–H and O–H groups in total. The summed E-state index contributed by atoms with van der Waals surface area (Å²) in [6, 6.07) is -0.337. The van der Waals surface area contributed by atoms with E-state index in [0.717, 1.165) is 5.57 Å². The molecule has 6 atom stereocenters. The van der Waals surface area contributed by atoms with Gasteiger partial charge in [-0.25, -0.2) is 4.79 Å². The Morgan fingerprint density at radius 1 is 1.23 bits per heavy atom. The SMILES string of the molecule is COC(=O)C[C@@H]1O[C@@H](/C(C)=C/[C@@H]2COC(C)(C)N2C(=O)OC(C)(C)C)[C@H](C)[C@@H](O)[C@H]1C. The molecular formula is C23H39NO7. The van der Waals surface area contributed by atoms with Gasteiger partial charge in [0.25, 0.3) is 0 Å². The van der Waals surface area contributed by atoms with Gasteiger partial charge in [0.2, 0.25) is 0 Å². The molecule has 2 aliphatic heterocycles. The number of carbonyl (C=O) groups excluding carboxylic acids is 2. The summed E-state index contributed by atoms with van der Waals surface area (Å²) in [6.07, 6.45) is 0.0937. The molecule has 0 spiro atoms. The smallest absolute Gasteiger partial charge is 0.413 e. The molecule has 0 bridgehead atoms. The van der Waals surface area contributed by atoms with Crippen molar-refractivity contribution in [3.63, 3.8) is 0 Å². The van der Waals surface area contributed by atoms with Gasteiger partial charge in [-0.2, -0.15) is 0 Å². The summed E-state index contributed by atoms with van der Waals surface area (Å²) >= 11 is 0. The van der Waals surface area contributed by atoms with Crippen molar-refractivity contribution in [2.24, 2.45) is 11.8 Å². The molecular weight excluding hydrogens is 402 g/mol. The Balaban J connectivity index is 2.26. The fourth-order valence-electron chi connectivity index (χ4n) is 4.34. The molecule has 0 aliphatic carbocycles. The number of methoxy groups -OCH3 is 1. The minimum atomic E-state index is -0.815. The van der Waals surface area contributed by atoms with Crippen molar-refractivity contribution in [1.82, 2.24) is 4.90 Å². The first-order chi connectivity index (χ1) is 14.2. The zero-order valence-corrected chi connectivity index (χ0v) is 20.3. The lowest BCUT2D eigenvalue weighted by Crippen LogP contribution is -2.51. The average molecular weight is 442 g/mol. The number of nitrogens with zero attached hydrogens (tertiary/aromatic N) is 1. The van der Waals surface area contributed by atoms with Crippen LogP contribution in [0.15, 0.2) is 11.6 Å². The summed E-state index contributed by atoms with van der Waals surface area (Å²) < 4.78 is 22.5. The van der Waals surface area contributed by atoms with E-state index in [4.69, 9.17) is 18.9 Å². The molecule has 0 aromatic carbocycles. The molecule has 0 saturated carbocycles. The topological polar surface area (TPSA) is 94.5 Å². The number of rotatable bonds is 4. The summed E-state index contributed by atoms with van der Waals surface area (Å²) in [7, 11) is 1.34. The Morgan fingerprint density at radius 3 is 2.39 bits per heavy atom. The van der Waals surface area contributed by atoms with Crippen molar-refractivity contribution in [1.29, 1.82) is 0 Å². The van der Waals surface area contributed by atoms with E-state index in [1.807, 2.05) is 61.5 Å². The zero-order valence-electron chi connectivity index (χ0n) is 20.3. The van der Waals surface area contributed by atoms with Gasteiger partial charge in [-0.05, 0) is 47.1 Å². The first-order valence-electron chi connectivity index (χ1n) is 10.9. The highest BCUT2D eigenvalue weighted by atomic mass is 16.6. The molecule has 0 unspecified atom stereocenters. The first kappa shape index (κ1) is 25.6. The lowest BCUT2D eigenvalue weighted by Gasteiger charge is -2.43. The molecule has 0 aromatic rings. The van der Waals surface area contributed by atoms with Crippen LogP contribution in [0.5, 0.6) is 0 Å². The molecule has 8 heteroatoms. The van der Waals surface area contributed by atoms with Crippen molar-refractivity contribution in [3.05, 3.63) is 11.6 Å². The Labute approximate surface area is 185 Å². The van der Waals surface area contributed by atoms with E-state index in [1.54, 1.807) is 4.90 Å². The van der Waals surface area contributed by atoms with Crippen LogP contribution in [0, 0.1) is 11.8 Å². The molecule has 2 rings (SSSR count). The Hall–Kier alpha value is -1.64. The number of esters is 1. The van der Waals surface area contributed by atoms with Crippen LogP contribution in [0.1, 0.15) is 61.8 Å². The van der Waals surface area contributed by atoms with Crippen LogP contribution < -0.4 is 0 Å². The monoisotopic (exact) mass is 441 g/mol. The van der Waals surface area contributed by atoms with Crippen LogP contribution in [0.25, 0.3) is 0 Å². The summed E-state index contributed by atoms with van der Waals surface area (Å²) in [6.45, 7) is 15.2. The van der Waals surface area contributed by atoms with Gasteiger partial charge < -0.3 is 24.1 Å². The highest BCUT2D eigenvalue weighted by Crippen LogP contribution is 2.36. The second kappa shape index (κ2) is 9.46. The summed E-state index contributed by atoms with van der Waals surface area (Å²) in [5.74, 6) is -0.753. The normalized spacial score (nSPS) is 33.9. The van der Waals surface area contributed by atoms with Crippen molar-refractivity contribution >= 4 is 12.1 Å². The second-order valence-electron chi connectivity index (χ2n) is 10.2. The summed E-state index contributed by atoms with van der Waals surface area (Å²) in [4.78, 5) is 26.3. The van der Waals surface area contributed by atoms with Crippen LogP contribution in [0.4, 0.5) is 4.79 Å². The molecule has 8 nitrogen and oxygen atoms in total. The van der Waals surface area contributed by atoms with Gasteiger partial charge in [0.15, 0.2) is 0 Å². The lowest BCUT2D eigenvalue weighted by molar-refractivity contribution is -0.167. The number of hydrogen-bond acceptors (Lipinski definition) is 7. The molecule has 2 aliphatic rings. The molecule has 31 heavy (non-hydrogen) atoms. The zero-order chi connectivity index (χ0) is 23.7. The standard InChI is InChI=1S/C23H39NO7/c1-13(20-15(3)19(26)14(2)17(30-20)11-18(25)28-9)10-16-12-29-23(7,8)24(16)21(27)31-22(4,5)6/h10,14-17,19-20,26H,11-12H2,1-9H3/b13-10+/t14-,15+,16+,17-,19-,20-/m0/s1. The minimum Gasteiger partial charge on any atom is -0.469 e. The van der Waals surface area contributed by atoms with Gasteiger partial charge in [0.05, 0.1) is 44.5 Å². The van der Waals surface area contributed by atoms with Crippen molar-refractivity contribution in [2.75, 3.05) is 13.7 Å². The van der Waals surface area contributed by atoms with Crippen LogP contribution in [0.3, 0.4) is 0 Å². The van der Waals surface area contributed by atoms with Crippen LogP contribution in [-0.4, -0.2) is 71.5 Å². The average Bonchev–Trinajstić information content (AvgIpc) is 2.94. The third-order valence-corrected chi connectivity index (χ3v) is 6.07. The van der Waals surface area contributed by atoms with E-state index >= 15 is 0 Å². The van der Waals surface area contributed by atoms with Crippen LogP contribution in [-0.2, 0) is 23.7 Å². The van der Waals surface area contributed by atoms with Gasteiger partial charge in [-0.3, -0.25) is 9.69 Å². The van der Waals surface area contributed by atoms with E-state index in [9.17, 15) is 14.7 Å². The molecule has 1 amide bonds. The fraction of sp³-hybridized carbons (Fsp3) is 0.826. The van der Waals surface area contributed by atoms with Gasteiger partial charge in [0.1, 0.15) is 11.3 Å². The third-order valence-electron chi connectivity index (χ3n) is 6.07. The van der Waals surface area contributed by atoms with Crippen molar-refractivity contribution < 1.29 is 33.6 Å². The molecule has 2 fully saturated rings. The van der Waals surface area contributed by atoms with E-state index < -0.39 is 35.7 Å². The Bertz CT molecular complexity index is 697.